The summed E-state index contributed by atoms with van der Waals surface area (Å²) in [7, 11) is 0. The van der Waals surface area contributed by atoms with E-state index in [0.29, 0.717) is 24.0 Å². The molecule has 0 spiro atoms. The van der Waals surface area contributed by atoms with Gasteiger partial charge in [-0.05, 0) is 36.6 Å². The third-order valence-electron chi connectivity index (χ3n) is 5.23. The highest BCUT2D eigenvalue weighted by Crippen LogP contribution is 2.29. The minimum absolute atomic E-state index is 0.0600. The lowest BCUT2D eigenvalue weighted by atomic mass is 10.2. The van der Waals surface area contributed by atoms with Crippen molar-refractivity contribution in [3.8, 4) is 0 Å². The Labute approximate surface area is 178 Å². The van der Waals surface area contributed by atoms with Crippen LogP contribution in [0.25, 0.3) is 11.0 Å². The molecule has 0 radical (unpaired) electrons. The van der Waals surface area contributed by atoms with Gasteiger partial charge in [0.05, 0.1) is 23.2 Å². The molecular formula is C22H20ClFN6. The monoisotopic (exact) mass is 422 g/mol. The van der Waals surface area contributed by atoms with E-state index in [-0.39, 0.29) is 5.02 Å². The number of benzene rings is 2. The van der Waals surface area contributed by atoms with Crippen LogP contribution < -0.4 is 10.2 Å². The highest BCUT2D eigenvalue weighted by molar-refractivity contribution is 6.31. The van der Waals surface area contributed by atoms with Crippen LogP contribution >= 0.6 is 11.6 Å². The van der Waals surface area contributed by atoms with E-state index in [1.807, 2.05) is 22.9 Å². The summed E-state index contributed by atoms with van der Waals surface area (Å²) in [5, 5.41) is 8.70. The van der Waals surface area contributed by atoms with Crippen molar-refractivity contribution in [3.05, 3.63) is 71.1 Å². The number of halogens is 2. The Morgan fingerprint density at radius 1 is 1.03 bits per heavy atom. The molecule has 5 rings (SSSR count). The molecule has 2 aromatic carbocycles. The van der Waals surface area contributed by atoms with Crippen LogP contribution in [0.3, 0.4) is 0 Å². The molecule has 3 heterocycles. The fourth-order valence-electron chi connectivity index (χ4n) is 3.68. The van der Waals surface area contributed by atoms with Gasteiger partial charge in [0.1, 0.15) is 11.6 Å². The van der Waals surface area contributed by atoms with Crippen LogP contribution in [0.5, 0.6) is 0 Å². The molecular weight excluding hydrogens is 403 g/mol. The van der Waals surface area contributed by atoms with Gasteiger partial charge in [-0.25, -0.2) is 9.07 Å². The van der Waals surface area contributed by atoms with Crippen molar-refractivity contribution in [2.45, 2.75) is 19.4 Å². The number of anilines is 3. The Morgan fingerprint density at radius 2 is 1.83 bits per heavy atom. The molecule has 1 N–H and O–H groups in total. The fraction of sp³-hybridized carbons (Fsp3) is 0.227. The lowest BCUT2D eigenvalue weighted by molar-refractivity contribution is 0.628. The first-order valence-electron chi connectivity index (χ1n) is 9.92. The molecule has 6 nitrogen and oxygen atoms in total. The van der Waals surface area contributed by atoms with E-state index >= 15 is 0 Å². The molecule has 1 aliphatic heterocycles. The molecule has 152 valence electrons. The zero-order valence-electron chi connectivity index (χ0n) is 16.2. The predicted molar refractivity (Wildman–Crippen MR) is 117 cm³/mol. The summed E-state index contributed by atoms with van der Waals surface area (Å²) in [6.45, 7) is 2.48. The SMILES string of the molecule is Fc1ccc(Nc2nc(N3CCCC3)nc3c2cnn3Cc2ccccc2)cc1Cl. The van der Waals surface area contributed by atoms with Crippen molar-refractivity contribution in [1.82, 2.24) is 19.7 Å². The normalized spacial score (nSPS) is 13.9. The Bertz CT molecular complexity index is 1190. The molecule has 0 atom stereocenters. The van der Waals surface area contributed by atoms with Crippen molar-refractivity contribution in [2.24, 2.45) is 0 Å². The highest BCUT2D eigenvalue weighted by atomic mass is 35.5. The van der Waals surface area contributed by atoms with Gasteiger partial charge in [-0.2, -0.15) is 15.1 Å². The minimum atomic E-state index is -0.455. The third-order valence-corrected chi connectivity index (χ3v) is 5.52. The number of nitrogens with one attached hydrogen (secondary N) is 1. The van der Waals surface area contributed by atoms with Gasteiger partial charge in [0.2, 0.25) is 5.95 Å². The van der Waals surface area contributed by atoms with Gasteiger partial charge in [0.25, 0.3) is 0 Å². The maximum absolute atomic E-state index is 13.6. The molecule has 2 aromatic heterocycles. The van der Waals surface area contributed by atoms with Crippen LogP contribution in [0.15, 0.2) is 54.7 Å². The molecule has 0 aliphatic carbocycles. The Kier molecular flexibility index (Phi) is 4.96. The lowest BCUT2D eigenvalue weighted by Gasteiger charge is -2.17. The Morgan fingerprint density at radius 3 is 2.60 bits per heavy atom. The van der Waals surface area contributed by atoms with Crippen molar-refractivity contribution >= 4 is 40.1 Å². The maximum atomic E-state index is 13.6. The molecule has 8 heteroatoms. The summed E-state index contributed by atoms with van der Waals surface area (Å²) in [4.78, 5) is 11.8. The predicted octanol–water partition coefficient (Wildman–Crippen LogP) is 5.01. The van der Waals surface area contributed by atoms with Gasteiger partial charge < -0.3 is 10.2 Å². The van der Waals surface area contributed by atoms with Crippen LogP contribution in [0, 0.1) is 5.82 Å². The molecule has 0 bridgehead atoms. The summed E-state index contributed by atoms with van der Waals surface area (Å²) in [6.07, 6.45) is 4.02. The summed E-state index contributed by atoms with van der Waals surface area (Å²) in [6, 6.07) is 14.7. The van der Waals surface area contributed by atoms with Gasteiger partial charge in [-0.3, -0.25) is 0 Å². The number of nitrogens with zero attached hydrogens (tertiary/aromatic N) is 5. The molecule has 1 fully saturated rings. The van der Waals surface area contributed by atoms with E-state index < -0.39 is 5.82 Å². The van der Waals surface area contributed by atoms with Gasteiger partial charge in [0, 0.05) is 18.8 Å². The molecule has 4 aromatic rings. The first kappa shape index (κ1) is 18.8. The summed E-state index contributed by atoms with van der Waals surface area (Å²) >= 11 is 5.96. The van der Waals surface area contributed by atoms with Gasteiger partial charge in [-0.1, -0.05) is 41.9 Å². The van der Waals surface area contributed by atoms with Crippen LogP contribution in [0.4, 0.5) is 21.8 Å². The molecule has 30 heavy (non-hydrogen) atoms. The summed E-state index contributed by atoms with van der Waals surface area (Å²) < 4.78 is 15.4. The van der Waals surface area contributed by atoms with Gasteiger partial charge >= 0.3 is 0 Å². The second-order valence-corrected chi connectivity index (χ2v) is 7.75. The number of fused-ring (bicyclic) bond motifs is 1. The topological polar surface area (TPSA) is 58.9 Å². The molecule has 1 aliphatic rings. The number of hydrogen-bond acceptors (Lipinski definition) is 5. The number of rotatable bonds is 5. The first-order valence-corrected chi connectivity index (χ1v) is 10.3. The second-order valence-electron chi connectivity index (χ2n) is 7.35. The first-order chi connectivity index (χ1) is 14.7. The van der Waals surface area contributed by atoms with E-state index in [1.165, 1.54) is 6.07 Å². The van der Waals surface area contributed by atoms with Gasteiger partial charge in [0.15, 0.2) is 5.65 Å². The molecule has 0 saturated carbocycles. The summed E-state index contributed by atoms with van der Waals surface area (Å²) in [5.74, 6) is 0.845. The average molecular weight is 423 g/mol. The highest BCUT2D eigenvalue weighted by Gasteiger charge is 2.20. The van der Waals surface area contributed by atoms with Crippen molar-refractivity contribution in [1.29, 1.82) is 0 Å². The smallest absolute Gasteiger partial charge is 0.229 e. The molecule has 0 unspecified atom stereocenters. The average Bonchev–Trinajstić information content (AvgIpc) is 3.42. The van der Waals surface area contributed by atoms with Crippen LogP contribution in [-0.2, 0) is 6.54 Å². The van der Waals surface area contributed by atoms with Crippen LogP contribution in [0.2, 0.25) is 5.02 Å². The maximum Gasteiger partial charge on any atom is 0.229 e. The van der Waals surface area contributed by atoms with E-state index in [4.69, 9.17) is 21.6 Å². The zero-order valence-corrected chi connectivity index (χ0v) is 17.0. The molecule has 1 saturated heterocycles. The summed E-state index contributed by atoms with van der Waals surface area (Å²) in [5.41, 5.74) is 2.56. The van der Waals surface area contributed by atoms with Crippen LogP contribution in [0.1, 0.15) is 18.4 Å². The molecule has 0 amide bonds. The van der Waals surface area contributed by atoms with E-state index in [9.17, 15) is 4.39 Å². The quantitative estimate of drug-likeness (QED) is 0.490. The fourth-order valence-corrected chi connectivity index (χ4v) is 3.86. The van der Waals surface area contributed by atoms with E-state index in [0.717, 1.165) is 42.5 Å². The Hall–Kier alpha value is -3.19. The second kappa shape index (κ2) is 7.91. The standard InChI is InChI=1S/C22H20ClFN6/c23-18-12-16(8-9-19(18)24)26-20-17-13-25-30(14-15-6-2-1-3-7-15)21(17)28-22(27-20)29-10-4-5-11-29/h1-3,6-9,12-13H,4-5,10-11,14H2,(H,26,27,28). The zero-order chi connectivity index (χ0) is 20.5. The van der Waals surface area contributed by atoms with Crippen molar-refractivity contribution < 1.29 is 4.39 Å². The minimum Gasteiger partial charge on any atom is -0.341 e. The Balaban J connectivity index is 1.58. The largest absolute Gasteiger partial charge is 0.341 e. The third kappa shape index (κ3) is 3.68. The van der Waals surface area contributed by atoms with E-state index in [2.05, 4.69) is 27.4 Å². The number of hydrogen-bond donors (Lipinski definition) is 1. The number of aromatic nitrogens is 4. The van der Waals surface area contributed by atoms with Crippen molar-refractivity contribution in [2.75, 3.05) is 23.3 Å². The van der Waals surface area contributed by atoms with Crippen LogP contribution in [-0.4, -0.2) is 32.8 Å². The van der Waals surface area contributed by atoms with Crippen molar-refractivity contribution in [3.63, 3.8) is 0 Å². The lowest BCUT2D eigenvalue weighted by Crippen LogP contribution is -2.21. The van der Waals surface area contributed by atoms with Gasteiger partial charge in [-0.15, -0.1) is 0 Å². The van der Waals surface area contributed by atoms with E-state index in [1.54, 1.807) is 18.3 Å².